The summed E-state index contributed by atoms with van der Waals surface area (Å²) in [7, 11) is 5.29. The molecule has 1 saturated heterocycles. The third-order valence-corrected chi connectivity index (χ3v) is 6.40. The Morgan fingerprint density at radius 2 is 1.84 bits per heavy atom. The second-order valence-corrected chi connectivity index (χ2v) is 8.91. The number of carbonyl (C=O) groups is 2. The average molecular weight is 514 g/mol. The molecule has 0 bridgehead atoms. The maximum atomic E-state index is 13.4. The standard InChI is InChI=1S/C27H23N5O6/c1-30(2)17-9-7-15(8-10-17)23-22(24(33)16-5-4-6-18(13-16)32(36)37)25(34)26(35)31(23)27-28-20-12-11-19(38-3)14-21(20)29-27/h4-14,23,33H,1-3H3,(H,28,29)/b24-22+. The molecule has 11 heteroatoms. The van der Waals surface area contributed by atoms with Crippen LogP contribution in [-0.4, -0.2) is 52.9 Å². The number of hydrogen-bond acceptors (Lipinski definition) is 8. The van der Waals surface area contributed by atoms with Gasteiger partial charge in [0.15, 0.2) is 0 Å². The summed E-state index contributed by atoms with van der Waals surface area (Å²) in [6.45, 7) is 0. The molecule has 2 N–H and O–H groups in total. The van der Waals surface area contributed by atoms with Crippen molar-refractivity contribution < 1.29 is 24.4 Å². The van der Waals surface area contributed by atoms with Gasteiger partial charge in [-0.05, 0) is 29.8 Å². The molecule has 1 unspecified atom stereocenters. The highest BCUT2D eigenvalue weighted by molar-refractivity contribution is 6.51. The number of amides is 1. The number of carbonyl (C=O) groups excluding carboxylic acids is 2. The lowest BCUT2D eigenvalue weighted by atomic mass is 9.95. The van der Waals surface area contributed by atoms with Crippen molar-refractivity contribution in [2.45, 2.75) is 6.04 Å². The summed E-state index contributed by atoms with van der Waals surface area (Å²) in [5, 5.41) is 22.6. The van der Waals surface area contributed by atoms with Crippen LogP contribution in [0.3, 0.4) is 0 Å². The van der Waals surface area contributed by atoms with Gasteiger partial charge in [0.25, 0.3) is 11.5 Å². The number of anilines is 2. The van der Waals surface area contributed by atoms with Crippen molar-refractivity contribution in [3.63, 3.8) is 0 Å². The van der Waals surface area contributed by atoms with Crippen LogP contribution in [0.15, 0.2) is 72.3 Å². The molecule has 1 atom stereocenters. The van der Waals surface area contributed by atoms with Gasteiger partial charge in [-0.2, -0.15) is 0 Å². The number of non-ortho nitro benzene ring substituents is 1. The number of benzene rings is 3. The van der Waals surface area contributed by atoms with E-state index in [2.05, 4.69) is 9.97 Å². The Balaban J connectivity index is 1.71. The van der Waals surface area contributed by atoms with Crippen LogP contribution in [-0.2, 0) is 9.59 Å². The van der Waals surface area contributed by atoms with Crippen LogP contribution in [0.1, 0.15) is 17.2 Å². The number of Topliss-reactive ketones (excluding diaryl/α,β-unsaturated/α-hetero) is 1. The van der Waals surface area contributed by atoms with Crippen LogP contribution >= 0.6 is 0 Å². The summed E-state index contributed by atoms with van der Waals surface area (Å²) >= 11 is 0. The van der Waals surface area contributed by atoms with Gasteiger partial charge < -0.3 is 19.7 Å². The molecular formula is C27H23N5O6. The number of imidazole rings is 1. The number of aliphatic hydroxyl groups is 1. The smallest absolute Gasteiger partial charge is 0.302 e. The van der Waals surface area contributed by atoms with Crippen molar-refractivity contribution in [1.29, 1.82) is 0 Å². The monoisotopic (exact) mass is 513 g/mol. The Bertz CT molecular complexity index is 1620. The van der Waals surface area contributed by atoms with Gasteiger partial charge in [0, 0.05) is 43.5 Å². The van der Waals surface area contributed by atoms with Crippen molar-refractivity contribution in [2.75, 3.05) is 31.0 Å². The zero-order valence-corrected chi connectivity index (χ0v) is 20.7. The van der Waals surface area contributed by atoms with Crippen LogP contribution in [0.4, 0.5) is 17.3 Å². The van der Waals surface area contributed by atoms with Crippen LogP contribution in [0, 0.1) is 10.1 Å². The Morgan fingerprint density at radius 1 is 1.11 bits per heavy atom. The third-order valence-electron chi connectivity index (χ3n) is 6.40. The zero-order valence-electron chi connectivity index (χ0n) is 20.7. The van der Waals surface area contributed by atoms with E-state index in [4.69, 9.17) is 4.74 Å². The molecule has 11 nitrogen and oxygen atoms in total. The highest BCUT2D eigenvalue weighted by Crippen LogP contribution is 2.42. The Hall–Kier alpha value is -5.19. The summed E-state index contributed by atoms with van der Waals surface area (Å²) in [4.78, 5) is 48.2. The van der Waals surface area contributed by atoms with Crippen molar-refractivity contribution in [3.8, 4) is 5.75 Å². The molecule has 3 aromatic carbocycles. The summed E-state index contributed by atoms with van der Waals surface area (Å²) in [5.41, 5.74) is 2.14. The summed E-state index contributed by atoms with van der Waals surface area (Å²) in [5.74, 6) is -1.67. The first-order valence-corrected chi connectivity index (χ1v) is 11.6. The number of nitrogens with zero attached hydrogens (tertiary/aromatic N) is 4. The molecule has 2 heterocycles. The number of nitro benzene ring substituents is 1. The lowest BCUT2D eigenvalue weighted by Crippen LogP contribution is -2.30. The van der Waals surface area contributed by atoms with E-state index in [-0.39, 0.29) is 22.8 Å². The van der Waals surface area contributed by atoms with Crippen molar-refractivity contribution >= 4 is 45.8 Å². The average Bonchev–Trinajstić information content (AvgIpc) is 3.45. The predicted octanol–water partition coefficient (Wildman–Crippen LogP) is 4.17. The van der Waals surface area contributed by atoms with Gasteiger partial charge in [-0.25, -0.2) is 4.98 Å². The summed E-state index contributed by atoms with van der Waals surface area (Å²) in [6.07, 6.45) is 0. The molecule has 1 amide bonds. The number of nitro groups is 1. The van der Waals surface area contributed by atoms with E-state index >= 15 is 0 Å². The van der Waals surface area contributed by atoms with Gasteiger partial charge in [-0.3, -0.25) is 24.6 Å². The molecule has 4 aromatic rings. The number of fused-ring (bicyclic) bond motifs is 1. The topological polar surface area (TPSA) is 142 Å². The number of ketones is 1. The molecular weight excluding hydrogens is 490 g/mol. The second-order valence-electron chi connectivity index (χ2n) is 8.91. The maximum absolute atomic E-state index is 13.4. The quantitative estimate of drug-likeness (QED) is 0.129. The number of nitrogens with one attached hydrogen (secondary N) is 1. The van der Waals surface area contributed by atoms with Gasteiger partial charge >= 0.3 is 5.91 Å². The van der Waals surface area contributed by atoms with E-state index in [9.17, 15) is 24.8 Å². The molecule has 1 aliphatic heterocycles. The zero-order chi connectivity index (χ0) is 27.1. The Labute approximate surface area is 216 Å². The van der Waals surface area contributed by atoms with E-state index in [1.54, 1.807) is 30.3 Å². The number of H-pyrrole nitrogens is 1. The van der Waals surface area contributed by atoms with E-state index < -0.39 is 28.4 Å². The minimum absolute atomic E-state index is 0.0430. The number of aliphatic hydroxyl groups excluding tert-OH is 1. The van der Waals surface area contributed by atoms with Crippen molar-refractivity contribution in [1.82, 2.24) is 9.97 Å². The third kappa shape index (κ3) is 4.09. The predicted molar refractivity (Wildman–Crippen MR) is 141 cm³/mol. The highest BCUT2D eigenvalue weighted by atomic mass is 16.6. The molecule has 0 spiro atoms. The Morgan fingerprint density at radius 3 is 2.50 bits per heavy atom. The van der Waals surface area contributed by atoms with Gasteiger partial charge in [0.05, 0.1) is 34.7 Å². The SMILES string of the molecule is COc1ccc2nc(N3C(=O)C(=O)/C(=C(/O)c4cccc([N+](=O)[O-])c4)C3c3ccc(N(C)C)cc3)[nH]c2c1. The van der Waals surface area contributed by atoms with Crippen LogP contribution in [0.2, 0.25) is 0 Å². The summed E-state index contributed by atoms with van der Waals surface area (Å²) < 4.78 is 5.27. The highest BCUT2D eigenvalue weighted by Gasteiger charge is 2.48. The maximum Gasteiger partial charge on any atom is 0.302 e. The fourth-order valence-corrected chi connectivity index (χ4v) is 4.46. The molecule has 1 aromatic heterocycles. The van der Waals surface area contributed by atoms with Crippen LogP contribution in [0.5, 0.6) is 5.75 Å². The largest absolute Gasteiger partial charge is 0.507 e. The summed E-state index contributed by atoms with van der Waals surface area (Å²) in [6, 6.07) is 16.5. The number of methoxy groups -OCH3 is 1. The first-order valence-electron chi connectivity index (χ1n) is 11.6. The minimum atomic E-state index is -1.05. The lowest BCUT2D eigenvalue weighted by Gasteiger charge is -2.23. The fraction of sp³-hybridized carbons (Fsp3) is 0.148. The van der Waals surface area contributed by atoms with E-state index in [0.717, 1.165) is 11.8 Å². The fourth-order valence-electron chi connectivity index (χ4n) is 4.46. The van der Waals surface area contributed by atoms with Gasteiger partial charge in [-0.15, -0.1) is 0 Å². The first-order chi connectivity index (χ1) is 18.2. The van der Waals surface area contributed by atoms with Crippen LogP contribution in [0.25, 0.3) is 16.8 Å². The van der Waals surface area contributed by atoms with Crippen molar-refractivity contribution in [3.05, 3.63) is 93.5 Å². The van der Waals surface area contributed by atoms with Gasteiger partial charge in [0.2, 0.25) is 5.95 Å². The number of aromatic nitrogens is 2. The Kier molecular flexibility index (Phi) is 6.03. The number of ether oxygens (including phenoxy) is 1. The molecule has 0 saturated carbocycles. The first kappa shape index (κ1) is 24.5. The van der Waals surface area contributed by atoms with E-state index in [1.807, 2.05) is 31.1 Å². The second kappa shape index (κ2) is 9.36. The lowest BCUT2D eigenvalue weighted by molar-refractivity contribution is -0.384. The van der Waals surface area contributed by atoms with Gasteiger partial charge in [0.1, 0.15) is 11.5 Å². The van der Waals surface area contributed by atoms with E-state index in [0.29, 0.717) is 22.3 Å². The molecule has 38 heavy (non-hydrogen) atoms. The molecule has 0 radical (unpaired) electrons. The van der Waals surface area contributed by atoms with E-state index in [1.165, 1.54) is 30.2 Å². The van der Waals surface area contributed by atoms with Crippen LogP contribution < -0.4 is 14.5 Å². The van der Waals surface area contributed by atoms with Gasteiger partial charge in [-0.1, -0.05) is 24.3 Å². The molecule has 192 valence electrons. The van der Waals surface area contributed by atoms with Crippen molar-refractivity contribution in [2.24, 2.45) is 0 Å². The molecule has 1 fully saturated rings. The number of aromatic amines is 1. The molecule has 0 aliphatic carbocycles. The number of rotatable bonds is 6. The molecule has 1 aliphatic rings. The number of hydrogen-bond donors (Lipinski definition) is 2. The normalized spacial score (nSPS) is 16.7. The molecule has 5 rings (SSSR count). The minimum Gasteiger partial charge on any atom is -0.507 e.